The van der Waals surface area contributed by atoms with Gasteiger partial charge in [-0.25, -0.2) is 0 Å². The van der Waals surface area contributed by atoms with Crippen LogP contribution in [0.1, 0.15) is 12.0 Å². The van der Waals surface area contributed by atoms with Crippen LogP contribution in [0.3, 0.4) is 0 Å². The Kier molecular flexibility index (Phi) is 2.85. The van der Waals surface area contributed by atoms with Crippen LogP contribution in [-0.4, -0.2) is 17.1 Å². The molecular formula is C11H10ClN2O2. The molecule has 0 fully saturated rings. The van der Waals surface area contributed by atoms with Gasteiger partial charge in [0, 0.05) is 23.2 Å². The number of benzene rings is 1. The molecule has 1 aliphatic rings. The van der Waals surface area contributed by atoms with E-state index in [1.807, 2.05) is 6.07 Å². The van der Waals surface area contributed by atoms with Gasteiger partial charge in [0.2, 0.25) is 0 Å². The van der Waals surface area contributed by atoms with E-state index >= 15 is 0 Å². The van der Waals surface area contributed by atoms with Gasteiger partial charge in [0.25, 0.3) is 0 Å². The molecule has 4 nitrogen and oxygen atoms in total. The summed E-state index contributed by atoms with van der Waals surface area (Å²) < 4.78 is 0. The molecule has 2 rings (SSSR count). The first-order valence-corrected chi connectivity index (χ1v) is 5.14. The molecule has 1 aromatic rings. The number of halogens is 1. The van der Waals surface area contributed by atoms with Crippen molar-refractivity contribution in [3.63, 3.8) is 0 Å². The predicted molar refractivity (Wildman–Crippen MR) is 61.5 cm³/mol. The minimum atomic E-state index is -1.01. The van der Waals surface area contributed by atoms with Crippen molar-refractivity contribution in [3.8, 4) is 0 Å². The highest BCUT2D eigenvalue weighted by Crippen LogP contribution is 2.34. The molecule has 0 saturated heterocycles. The third-order valence-corrected chi connectivity index (χ3v) is 2.66. The van der Waals surface area contributed by atoms with Crippen molar-refractivity contribution in [1.82, 2.24) is 5.32 Å². The second-order valence-corrected chi connectivity index (χ2v) is 4.03. The molecule has 1 heterocycles. The highest BCUT2D eigenvalue weighted by molar-refractivity contribution is 6.31. The molecule has 1 aliphatic heterocycles. The predicted octanol–water partition coefficient (Wildman–Crippen LogP) is 1.73. The molecular weight excluding hydrogens is 228 g/mol. The van der Waals surface area contributed by atoms with Crippen LogP contribution in [0.5, 0.6) is 0 Å². The van der Waals surface area contributed by atoms with Crippen molar-refractivity contribution in [3.05, 3.63) is 35.0 Å². The SMILES string of the molecule is N[C@H](CC1=C[N]c2cc(Cl)ccc21)C(=O)O. The van der Waals surface area contributed by atoms with Crippen LogP contribution < -0.4 is 11.1 Å². The average molecular weight is 238 g/mol. The fourth-order valence-electron chi connectivity index (χ4n) is 1.59. The Balaban J connectivity index is 2.20. The maximum atomic E-state index is 10.6. The molecule has 16 heavy (non-hydrogen) atoms. The molecule has 0 aromatic heterocycles. The van der Waals surface area contributed by atoms with Gasteiger partial charge in [-0.15, -0.1) is 0 Å². The number of hydrogen-bond acceptors (Lipinski definition) is 2. The molecule has 1 aromatic carbocycles. The maximum absolute atomic E-state index is 10.6. The van der Waals surface area contributed by atoms with Crippen molar-refractivity contribution in [2.45, 2.75) is 12.5 Å². The number of rotatable bonds is 3. The molecule has 0 unspecified atom stereocenters. The Morgan fingerprint density at radius 1 is 1.56 bits per heavy atom. The van der Waals surface area contributed by atoms with Crippen LogP contribution in [0, 0.1) is 0 Å². The fraction of sp³-hybridized carbons (Fsp3) is 0.182. The monoisotopic (exact) mass is 237 g/mol. The van der Waals surface area contributed by atoms with Gasteiger partial charge in [-0.1, -0.05) is 17.7 Å². The third-order valence-electron chi connectivity index (χ3n) is 2.42. The zero-order chi connectivity index (χ0) is 11.7. The lowest BCUT2D eigenvalue weighted by atomic mass is 10.0. The molecule has 5 heteroatoms. The van der Waals surface area contributed by atoms with Crippen LogP contribution in [0.4, 0.5) is 5.69 Å². The van der Waals surface area contributed by atoms with E-state index in [4.69, 9.17) is 22.4 Å². The van der Waals surface area contributed by atoms with E-state index in [2.05, 4.69) is 5.32 Å². The van der Waals surface area contributed by atoms with Gasteiger partial charge in [0.05, 0.1) is 5.69 Å². The summed E-state index contributed by atoms with van der Waals surface area (Å²) in [4.78, 5) is 10.6. The molecule has 0 bridgehead atoms. The molecule has 0 spiro atoms. The number of carboxylic acids is 1. The normalized spacial score (nSPS) is 15.0. The fourth-order valence-corrected chi connectivity index (χ4v) is 1.75. The second-order valence-electron chi connectivity index (χ2n) is 3.59. The van der Waals surface area contributed by atoms with Crippen LogP contribution in [0.2, 0.25) is 5.02 Å². The Hall–Kier alpha value is -1.52. The summed E-state index contributed by atoms with van der Waals surface area (Å²) in [7, 11) is 0. The minimum Gasteiger partial charge on any atom is -0.480 e. The van der Waals surface area contributed by atoms with Gasteiger partial charge in [-0.2, -0.15) is 0 Å². The van der Waals surface area contributed by atoms with Gasteiger partial charge >= 0.3 is 5.97 Å². The van der Waals surface area contributed by atoms with Crippen molar-refractivity contribution in [2.75, 3.05) is 0 Å². The average Bonchev–Trinajstić information content (AvgIpc) is 2.60. The summed E-state index contributed by atoms with van der Waals surface area (Å²) >= 11 is 5.83. The minimum absolute atomic E-state index is 0.271. The number of carboxylic acid groups (broad SMARTS) is 1. The number of carbonyl (C=O) groups is 1. The van der Waals surface area contributed by atoms with E-state index in [0.717, 1.165) is 16.8 Å². The molecule has 3 N–H and O–H groups in total. The summed E-state index contributed by atoms with van der Waals surface area (Å²) in [6, 6.07) is 4.42. The van der Waals surface area contributed by atoms with Crippen LogP contribution in [-0.2, 0) is 4.79 Å². The van der Waals surface area contributed by atoms with E-state index in [1.165, 1.54) is 0 Å². The Bertz CT molecular complexity index is 471. The van der Waals surface area contributed by atoms with Crippen molar-refractivity contribution in [1.29, 1.82) is 0 Å². The first kappa shape index (κ1) is 11.0. The molecule has 1 radical (unpaired) electrons. The Morgan fingerprint density at radius 3 is 3.00 bits per heavy atom. The highest BCUT2D eigenvalue weighted by Gasteiger charge is 2.20. The second kappa shape index (κ2) is 4.15. The van der Waals surface area contributed by atoms with Crippen LogP contribution >= 0.6 is 11.6 Å². The van der Waals surface area contributed by atoms with Crippen molar-refractivity contribution < 1.29 is 9.90 Å². The standard InChI is InChI=1S/C11H10ClN2O2/c12-7-1-2-8-6(3-9(13)11(15)16)5-14-10(8)4-7/h1-2,4-5,9H,3,13H2,(H,15,16)/t9-/m1/s1. The maximum Gasteiger partial charge on any atom is 0.320 e. The lowest BCUT2D eigenvalue weighted by Gasteiger charge is -2.07. The van der Waals surface area contributed by atoms with E-state index < -0.39 is 12.0 Å². The zero-order valence-corrected chi connectivity index (χ0v) is 9.11. The smallest absolute Gasteiger partial charge is 0.320 e. The first-order valence-electron chi connectivity index (χ1n) is 4.76. The van der Waals surface area contributed by atoms with Gasteiger partial charge in [-0.3, -0.25) is 10.1 Å². The molecule has 0 amide bonds. The van der Waals surface area contributed by atoms with Crippen molar-refractivity contribution >= 4 is 28.8 Å². The summed E-state index contributed by atoms with van der Waals surface area (Å²) in [5, 5.41) is 13.5. The summed E-state index contributed by atoms with van der Waals surface area (Å²) in [5.41, 5.74) is 7.98. The molecule has 0 aliphatic carbocycles. The molecule has 0 saturated carbocycles. The summed E-state index contributed by atoms with van der Waals surface area (Å²) in [6.07, 6.45) is 1.91. The van der Waals surface area contributed by atoms with E-state index in [9.17, 15) is 4.79 Å². The van der Waals surface area contributed by atoms with Crippen molar-refractivity contribution in [2.24, 2.45) is 5.73 Å². The number of nitrogens with two attached hydrogens (primary N) is 1. The molecule has 83 valence electrons. The van der Waals surface area contributed by atoms with E-state index in [0.29, 0.717) is 5.02 Å². The number of aliphatic carboxylic acids is 1. The van der Waals surface area contributed by atoms with Gasteiger partial charge in [-0.05, 0) is 17.7 Å². The number of nitrogens with zero attached hydrogens (tertiary/aromatic N) is 1. The van der Waals surface area contributed by atoms with Crippen LogP contribution in [0.15, 0.2) is 24.4 Å². The third kappa shape index (κ3) is 2.03. The van der Waals surface area contributed by atoms with Gasteiger partial charge in [0.15, 0.2) is 0 Å². The van der Waals surface area contributed by atoms with Gasteiger partial charge in [0.1, 0.15) is 6.04 Å². The van der Waals surface area contributed by atoms with E-state index in [-0.39, 0.29) is 6.42 Å². The van der Waals surface area contributed by atoms with Crippen LogP contribution in [0.25, 0.3) is 5.57 Å². The number of hydrogen-bond donors (Lipinski definition) is 2. The number of fused-ring (bicyclic) bond motifs is 1. The summed E-state index contributed by atoms with van der Waals surface area (Å²) in [6.45, 7) is 0. The largest absolute Gasteiger partial charge is 0.480 e. The topological polar surface area (TPSA) is 77.4 Å². The van der Waals surface area contributed by atoms with Gasteiger partial charge < -0.3 is 10.8 Å². The molecule has 1 atom stereocenters. The quantitative estimate of drug-likeness (QED) is 0.841. The Morgan fingerprint density at radius 2 is 2.31 bits per heavy atom. The lowest BCUT2D eigenvalue weighted by Crippen LogP contribution is -2.30. The lowest BCUT2D eigenvalue weighted by molar-refractivity contribution is -0.138. The highest BCUT2D eigenvalue weighted by atomic mass is 35.5. The van der Waals surface area contributed by atoms with E-state index in [1.54, 1.807) is 18.3 Å². The zero-order valence-electron chi connectivity index (χ0n) is 8.35. The summed E-state index contributed by atoms with van der Waals surface area (Å²) in [5.74, 6) is -1.01. The first-order chi connectivity index (χ1) is 7.58. The Labute approximate surface area is 97.7 Å².